The molecule has 1 aromatic rings. The van der Waals surface area contributed by atoms with Gasteiger partial charge in [0.1, 0.15) is 0 Å². The van der Waals surface area contributed by atoms with E-state index in [1.807, 2.05) is 6.92 Å². The molecule has 1 saturated heterocycles. The maximum atomic E-state index is 5.08. The fourth-order valence-corrected chi connectivity index (χ4v) is 1.91. The van der Waals surface area contributed by atoms with Gasteiger partial charge in [-0.15, -0.1) is 0 Å². The van der Waals surface area contributed by atoms with Gasteiger partial charge < -0.3 is 14.7 Å². The highest BCUT2D eigenvalue weighted by Gasteiger charge is 2.15. The van der Waals surface area contributed by atoms with E-state index in [4.69, 9.17) is 4.52 Å². The highest BCUT2D eigenvalue weighted by molar-refractivity contribution is 4.85. The Morgan fingerprint density at radius 2 is 2.47 bits per heavy atom. The molecule has 0 saturated carbocycles. The van der Waals surface area contributed by atoms with E-state index in [1.165, 1.54) is 0 Å². The Bertz CT molecular complexity index is 312. The van der Waals surface area contributed by atoms with E-state index in [-0.39, 0.29) is 0 Å². The number of rotatable bonds is 3. The van der Waals surface area contributed by atoms with Crippen LogP contribution in [0.5, 0.6) is 0 Å². The third-order valence-electron chi connectivity index (χ3n) is 2.66. The van der Waals surface area contributed by atoms with Crippen LogP contribution < -0.4 is 5.32 Å². The van der Waals surface area contributed by atoms with E-state index in [9.17, 15) is 0 Å². The lowest BCUT2D eigenvalue weighted by Crippen LogP contribution is -2.49. The van der Waals surface area contributed by atoms with E-state index in [2.05, 4.69) is 27.3 Å². The maximum absolute atomic E-state index is 5.08. The van der Waals surface area contributed by atoms with Crippen molar-refractivity contribution in [1.82, 2.24) is 20.4 Å². The third kappa shape index (κ3) is 3.00. The minimum Gasteiger partial charge on any atom is -0.339 e. The minimum atomic E-state index is 0.586. The topological polar surface area (TPSA) is 54.2 Å². The monoisotopic (exact) mass is 210 g/mol. The average Bonchev–Trinajstić information content (AvgIpc) is 2.62. The zero-order valence-corrected chi connectivity index (χ0v) is 9.36. The number of nitrogens with one attached hydrogen (secondary N) is 1. The molecule has 1 fully saturated rings. The molecule has 1 atom stereocenters. The highest BCUT2D eigenvalue weighted by atomic mass is 16.5. The predicted octanol–water partition coefficient (Wildman–Crippen LogP) is 0.214. The molecule has 5 nitrogen and oxygen atoms in total. The largest absolute Gasteiger partial charge is 0.339 e. The second kappa shape index (κ2) is 4.72. The second-order valence-corrected chi connectivity index (χ2v) is 4.14. The summed E-state index contributed by atoms with van der Waals surface area (Å²) in [5.41, 5.74) is 0. The lowest BCUT2D eigenvalue weighted by atomic mass is 10.2. The van der Waals surface area contributed by atoms with Gasteiger partial charge in [-0.3, -0.25) is 0 Å². The first-order chi connectivity index (χ1) is 7.24. The molecule has 0 bridgehead atoms. The summed E-state index contributed by atoms with van der Waals surface area (Å²) in [4.78, 5) is 6.63. The number of nitrogens with zero attached hydrogens (tertiary/aromatic N) is 3. The van der Waals surface area contributed by atoms with Gasteiger partial charge in [-0.25, -0.2) is 0 Å². The molecule has 1 aliphatic heterocycles. The number of aryl methyl sites for hydroxylation is 1. The van der Waals surface area contributed by atoms with Gasteiger partial charge in [0.15, 0.2) is 5.82 Å². The first kappa shape index (κ1) is 10.6. The summed E-state index contributed by atoms with van der Waals surface area (Å²) in [7, 11) is 0. The number of hydrogen-bond donors (Lipinski definition) is 1. The smallest absolute Gasteiger partial charge is 0.227 e. The first-order valence-corrected chi connectivity index (χ1v) is 5.49. The fourth-order valence-electron chi connectivity index (χ4n) is 1.91. The zero-order chi connectivity index (χ0) is 10.7. The van der Waals surface area contributed by atoms with Crippen molar-refractivity contribution < 1.29 is 4.52 Å². The molecule has 1 unspecified atom stereocenters. The summed E-state index contributed by atoms with van der Waals surface area (Å²) in [6, 6.07) is 0.586. The lowest BCUT2D eigenvalue weighted by molar-refractivity contribution is 0.203. The highest BCUT2D eigenvalue weighted by Crippen LogP contribution is 2.02. The maximum Gasteiger partial charge on any atom is 0.227 e. The Balaban J connectivity index is 1.77. The van der Waals surface area contributed by atoms with Crippen molar-refractivity contribution in [1.29, 1.82) is 0 Å². The van der Waals surface area contributed by atoms with Crippen LogP contribution in [0.2, 0.25) is 0 Å². The second-order valence-electron chi connectivity index (χ2n) is 4.14. The summed E-state index contributed by atoms with van der Waals surface area (Å²) in [5, 5.41) is 7.20. The summed E-state index contributed by atoms with van der Waals surface area (Å²) in [6.45, 7) is 8.35. The molecule has 84 valence electrons. The average molecular weight is 210 g/mol. The summed E-state index contributed by atoms with van der Waals surface area (Å²) < 4.78 is 5.08. The molecule has 0 aromatic carbocycles. The molecule has 2 heterocycles. The molecule has 1 aliphatic rings. The summed E-state index contributed by atoms with van der Waals surface area (Å²) >= 11 is 0. The van der Waals surface area contributed by atoms with Crippen LogP contribution in [0.4, 0.5) is 0 Å². The predicted molar refractivity (Wildman–Crippen MR) is 56.6 cm³/mol. The van der Waals surface area contributed by atoms with Crippen LogP contribution >= 0.6 is 0 Å². The molecule has 1 N–H and O–H groups in total. The minimum absolute atomic E-state index is 0.586. The van der Waals surface area contributed by atoms with Gasteiger partial charge in [0.2, 0.25) is 5.89 Å². The summed E-state index contributed by atoms with van der Waals surface area (Å²) in [6.07, 6.45) is 0.855. The molecular weight excluding hydrogens is 192 g/mol. The van der Waals surface area contributed by atoms with Crippen molar-refractivity contribution in [3.8, 4) is 0 Å². The molecule has 5 heteroatoms. The van der Waals surface area contributed by atoms with Crippen LogP contribution in [0, 0.1) is 6.92 Å². The van der Waals surface area contributed by atoms with Crippen LogP contribution in [0.1, 0.15) is 18.6 Å². The van der Waals surface area contributed by atoms with Crippen molar-refractivity contribution >= 4 is 0 Å². The number of hydrogen-bond acceptors (Lipinski definition) is 5. The molecule has 0 radical (unpaired) electrons. The van der Waals surface area contributed by atoms with E-state index >= 15 is 0 Å². The molecule has 1 aromatic heterocycles. The van der Waals surface area contributed by atoms with E-state index in [0.717, 1.165) is 44.3 Å². The Kier molecular flexibility index (Phi) is 3.33. The van der Waals surface area contributed by atoms with Gasteiger partial charge in [0.05, 0.1) is 0 Å². The molecule has 0 amide bonds. The van der Waals surface area contributed by atoms with Crippen molar-refractivity contribution in [3.05, 3.63) is 11.7 Å². The molecule has 0 aliphatic carbocycles. The summed E-state index contributed by atoms with van der Waals surface area (Å²) in [5.74, 6) is 1.47. The zero-order valence-electron chi connectivity index (χ0n) is 9.36. The van der Waals surface area contributed by atoms with Crippen molar-refractivity contribution in [3.63, 3.8) is 0 Å². The van der Waals surface area contributed by atoms with E-state index in [1.54, 1.807) is 0 Å². The third-order valence-corrected chi connectivity index (χ3v) is 2.66. The van der Waals surface area contributed by atoms with Gasteiger partial charge in [-0.1, -0.05) is 5.16 Å². The SMILES string of the molecule is Cc1noc(CCN2CCNC(C)C2)n1. The van der Waals surface area contributed by atoms with Crippen molar-refractivity contribution in [2.45, 2.75) is 26.3 Å². The Morgan fingerprint density at radius 3 is 3.13 bits per heavy atom. The number of aromatic nitrogens is 2. The normalized spacial score (nSPS) is 23.2. The van der Waals surface area contributed by atoms with Gasteiger partial charge in [0, 0.05) is 38.6 Å². The lowest BCUT2D eigenvalue weighted by Gasteiger charge is -2.31. The first-order valence-electron chi connectivity index (χ1n) is 5.49. The number of piperazine rings is 1. The Hall–Kier alpha value is -0.940. The van der Waals surface area contributed by atoms with Crippen LogP contribution in [-0.2, 0) is 6.42 Å². The fraction of sp³-hybridized carbons (Fsp3) is 0.800. The molecule has 15 heavy (non-hydrogen) atoms. The van der Waals surface area contributed by atoms with Crippen molar-refractivity contribution in [2.75, 3.05) is 26.2 Å². The van der Waals surface area contributed by atoms with Crippen molar-refractivity contribution in [2.24, 2.45) is 0 Å². The Morgan fingerprint density at radius 1 is 1.60 bits per heavy atom. The van der Waals surface area contributed by atoms with E-state index < -0.39 is 0 Å². The van der Waals surface area contributed by atoms with Gasteiger partial charge >= 0.3 is 0 Å². The van der Waals surface area contributed by atoms with E-state index in [0.29, 0.717) is 6.04 Å². The van der Waals surface area contributed by atoms with Gasteiger partial charge in [0.25, 0.3) is 0 Å². The Labute approximate surface area is 89.8 Å². The van der Waals surface area contributed by atoms with Gasteiger partial charge in [-0.05, 0) is 13.8 Å². The van der Waals surface area contributed by atoms with Crippen LogP contribution in [-0.4, -0.2) is 47.3 Å². The van der Waals surface area contributed by atoms with Gasteiger partial charge in [-0.2, -0.15) is 4.98 Å². The van der Waals surface area contributed by atoms with Crippen LogP contribution in [0.25, 0.3) is 0 Å². The van der Waals surface area contributed by atoms with Crippen LogP contribution in [0.3, 0.4) is 0 Å². The standard InChI is InChI=1S/C10H18N4O/c1-8-7-14(6-4-11-8)5-3-10-12-9(2)13-15-10/h8,11H,3-7H2,1-2H3. The molecular formula is C10H18N4O. The molecule has 2 rings (SSSR count). The molecule has 0 spiro atoms. The quantitative estimate of drug-likeness (QED) is 0.773. The van der Waals surface area contributed by atoms with Crippen LogP contribution in [0.15, 0.2) is 4.52 Å².